The highest BCUT2D eigenvalue weighted by atomic mass is 14.0. The van der Waals surface area contributed by atoms with Crippen molar-refractivity contribution in [2.24, 2.45) is 0 Å². The van der Waals surface area contributed by atoms with Crippen LogP contribution in [0.2, 0.25) is 0 Å². The fraction of sp³-hybridized carbons (Fsp3) is 0.429. The minimum Gasteiger partial charge on any atom is -0.0891 e. The molecule has 1 radical (unpaired) electrons. The molecular weight excluding hydrogens is 168 g/mol. The molecule has 1 aromatic carbocycles. The predicted molar refractivity (Wildman–Crippen MR) is 60.6 cm³/mol. The third-order valence-corrected chi connectivity index (χ3v) is 2.50. The van der Waals surface area contributed by atoms with E-state index in [1.54, 1.807) is 0 Å². The van der Waals surface area contributed by atoms with E-state index in [1.165, 1.54) is 16.7 Å². The van der Waals surface area contributed by atoms with Gasteiger partial charge in [0.2, 0.25) is 0 Å². The highest BCUT2D eigenvalue weighted by Gasteiger charge is 1.97. The van der Waals surface area contributed by atoms with Crippen molar-refractivity contribution in [3.63, 3.8) is 0 Å². The van der Waals surface area contributed by atoms with Crippen LogP contribution in [0.15, 0.2) is 18.2 Å². The van der Waals surface area contributed by atoms with Crippen molar-refractivity contribution in [2.75, 3.05) is 0 Å². The van der Waals surface area contributed by atoms with Gasteiger partial charge in [0, 0.05) is 6.42 Å². The van der Waals surface area contributed by atoms with Crippen molar-refractivity contribution in [1.29, 1.82) is 0 Å². The molecule has 73 valence electrons. The molecule has 0 aliphatic rings. The smallest absolute Gasteiger partial charge is 0.00990 e. The van der Waals surface area contributed by atoms with Crippen molar-refractivity contribution in [2.45, 2.75) is 39.5 Å². The summed E-state index contributed by atoms with van der Waals surface area (Å²) in [6, 6.07) is 6.63. The van der Waals surface area contributed by atoms with Crippen LogP contribution in [0.4, 0.5) is 0 Å². The number of aryl methyl sites for hydroxylation is 3. The van der Waals surface area contributed by atoms with E-state index >= 15 is 0 Å². The first kappa shape index (κ1) is 10.9. The zero-order valence-electron chi connectivity index (χ0n) is 9.06. The van der Waals surface area contributed by atoms with E-state index in [2.05, 4.69) is 38.0 Å². The van der Waals surface area contributed by atoms with E-state index in [1.807, 2.05) is 0 Å². The second-order valence-corrected chi connectivity index (χ2v) is 3.81. The molecule has 0 bridgehead atoms. The van der Waals surface area contributed by atoms with Gasteiger partial charge >= 0.3 is 0 Å². The molecule has 1 aromatic rings. The lowest BCUT2D eigenvalue weighted by atomic mass is 10.0. The van der Waals surface area contributed by atoms with Crippen LogP contribution in [-0.2, 0) is 6.42 Å². The molecule has 0 fully saturated rings. The number of benzene rings is 1. The number of hydrogen-bond donors (Lipinski definition) is 0. The van der Waals surface area contributed by atoms with E-state index in [9.17, 15) is 0 Å². The third-order valence-electron chi connectivity index (χ3n) is 2.50. The fourth-order valence-electron chi connectivity index (χ4n) is 1.66. The maximum absolute atomic E-state index is 6.81. The summed E-state index contributed by atoms with van der Waals surface area (Å²) < 4.78 is 0. The summed E-state index contributed by atoms with van der Waals surface area (Å²) in [6.07, 6.45) is 11.0. The number of unbranched alkanes of at least 4 members (excludes halogenated alkanes) is 2. The van der Waals surface area contributed by atoms with Crippen molar-refractivity contribution in [3.05, 3.63) is 41.3 Å². The Morgan fingerprint density at radius 2 is 2.00 bits per heavy atom. The first-order valence-corrected chi connectivity index (χ1v) is 5.20. The topological polar surface area (TPSA) is 0 Å². The lowest BCUT2D eigenvalue weighted by molar-refractivity contribution is 0.753. The molecule has 0 nitrogen and oxygen atoms in total. The highest BCUT2D eigenvalue weighted by Crippen LogP contribution is 2.13. The van der Waals surface area contributed by atoms with Gasteiger partial charge < -0.3 is 0 Å². The van der Waals surface area contributed by atoms with Crippen LogP contribution < -0.4 is 0 Å². The van der Waals surface area contributed by atoms with E-state index in [-0.39, 0.29) is 0 Å². The van der Waals surface area contributed by atoms with Crippen LogP contribution in [-0.4, -0.2) is 0 Å². The lowest BCUT2D eigenvalue weighted by Crippen LogP contribution is -1.90. The second-order valence-electron chi connectivity index (χ2n) is 3.81. The standard InChI is InChI=1S/C14H17/c1-4-5-6-7-8-14-10-9-12(2)11-13(14)3/h9-11H,5-8H2,2-3H3. The molecule has 0 aliphatic carbocycles. The molecule has 0 unspecified atom stereocenters. The SMILES string of the molecule is [C]#CCCCCc1ccc(C)cc1C. The zero-order valence-corrected chi connectivity index (χ0v) is 9.06. The second kappa shape index (κ2) is 5.50. The van der Waals surface area contributed by atoms with E-state index in [0.717, 1.165) is 25.7 Å². The molecule has 0 amide bonds. The van der Waals surface area contributed by atoms with Crippen molar-refractivity contribution < 1.29 is 0 Å². The van der Waals surface area contributed by atoms with E-state index in [0.29, 0.717) is 0 Å². The predicted octanol–water partition coefficient (Wildman–Crippen LogP) is 3.61. The average Bonchev–Trinajstić information content (AvgIpc) is 2.15. The quantitative estimate of drug-likeness (QED) is 0.496. The molecule has 1 rings (SSSR count). The summed E-state index contributed by atoms with van der Waals surface area (Å²) >= 11 is 0. The van der Waals surface area contributed by atoms with Crippen LogP contribution in [0.25, 0.3) is 0 Å². The fourth-order valence-corrected chi connectivity index (χ4v) is 1.66. The summed E-state index contributed by atoms with van der Waals surface area (Å²) in [5.74, 6) is 2.43. The van der Waals surface area contributed by atoms with Gasteiger partial charge in [0.25, 0.3) is 0 Å². The van der Waals surface area contributed by atoms with Crippen LogP contribution >= 0.6 is 0 Å². The summed E-state index contributed by atoms with van der Waals surface area (Å²) in [4.78, 5) is 0. The van der Waals surface area contributed by atoms with Crippen molar-refractivity contribution in [3.8, 4) is 5.92 Å². The normalized spacial score (nSPS) is 9.79. The highest BCUT2D eigenvalue weighted by molar-refractivity contribution is 5.30. The Bertz CT molecular complexity index is 328. The van der Waals surface area contributed by atoms with Crippen LogP contribution in [0.5, 0.6) is 0 Å². The summed E-state index contributed by atoms with van der Waals surface area (Å²) in [7, 11) is 0. The van der Waals surface area contributed by atoms with Gasteiger partial charge in [-0.2, -0.15) is 0 Å². The zero-order chi connectivity index (χ0) is 10.4. The Kier molecular flexibility index (Phi) is 4.26. The number of rotatable bonds is 4. The third kappa shape index (κ3) is 3.26. The first-order valence-electron chi connectivity index (χ1n) is 5.20. The van der Waals surface area contributed by atoms with E-state index < -0.39 is 0 Å². The summed E-state index contributed by atoms with van der Waals surface area (Å²) in [6.45, 7) is 4.30. The Labute approximate surface area is 87.4 Å². The van der Waals surface area contributed by atoms with Gasteiger partial charge in [-0.25, -0.2) is 0 Å². The molecule has 0 saturated carbocycles. The lowest BCUT2D eigenvalue weighted by Gasteiger charge is -2.05. The molecular formula is C14H17. The Hall–Kier alpha value is -1.22. The summed E-state index contributed by atoms with van der Waals surface area (Å²) in [5.41, 5.74) is 4.17. The molecule has 0 aromatic heterocycles. The van der Waals surface area contributed by atoms with Gasteiger partial charge in [-0.05, 0) is 50.7 Å². The van der Waals surface area contributed by atoms with Crippen LogP contribution in [0.3, 0.4) is 0 Å². The molecule has 0 aliphatic heterocycles. The Morgan fingerprint density at radius 1 is 1.21 bits per heavy atom. The van der Waals surface area contributed by atoms with Gasteiger partial charge in [0.15, 0.2) is 0 Å². The van der Waals surface area contributed by atoms with Crippen LogP contribution in [0, 0.1) is 26.2 Å². The maximum Gasteiger partial charge on any atom is 0.00990 e. The summed E-state index contributed by atoms with van der Waals surface area (Å²) in [5, 5.41) is 0. The Morgan fingerprint density at radius 3 is 2.64 bits per heavy atom. The van der Waals surface area contributed by atoms with Gasteiger partial charge in [-0.1, -0.05) is 29.7 Å². The molecule has 0 heteroatoms. The average molecular weight is 185 g/mol. The Balaban J connectivity index is 2.47. The van der Waals surface area contributed by atoms with Crippen molar-refractivity contribution >= 4 is 0 Å². The van der Waals surface area contributed by atoms with Gasteiger partial charge in [-0.3, -0.25) is 0 Å². The molecule has 0 spiro atoms. The van der Waals surface area contributed by atoms with Gasteiger partial charge in [0.05, 0.1) is 0 Å². The number of hydrogen-bond acceptors (Lipinski definition) is 0. The van der Waals surface area contributed by atoms with Gasteiger partial charge in [0.1, 0.15) is 0 Å². The maximum atomic E-state index is 6.81. The largest absolute Gasteiger partial charge is 0.0891 e. The molecule has 0 N–H and O–H groups in total. The molecule has 14 heavy (non-hydrogen) atoms. The molecule has 0 heterocycles. The molecule has 0 atom stereocenters. The first-order chi connectivity index (χ1) is 6.74. The minimum atomic E-state index is 0.797. The minimum absolute atomic E-state index is 0.797. The van der Waals surface area contributed by atoms with Crippen molar-refractivity contribution in [1.82, 2.24) is 0 Å². The van der Waals surface area contributed by atoms with Gasteiger partial charge in [-0.15, -0.1) is 0 Å². The molecule has 0 saturated heterocycles. The van der Waals surface area contributed by atoms with E-state index in [4.69, 9.17) is 6.42 Å². The monoisotopic (exact) mass is 185 g/mol. The van der Waals surface area contributed by atoms with Crippen LogP contribution in [0.1, 0.15) is 36.0 Å².